The summed E-state index contributed by atoms with van der Waals surface area (Å²) < 4.78 is 0. The number of anilines is 1. The van der Waals surface area contributed by atoms with Crippen LogP contribution in [0.4, 0.5) is 5.69 Å². The Morgan fingerprint density at radius 2 is 1.93 bits per heavy atom. The normalized spacial score (nSPS) is 15.9. The second-order valence-electron chi connectivity index (χ2n) is 7.35. The third kappa shape index (κ3) is 5.17. The summed E-state index contributed by atoms with van der Waals surface area (Å²) in [4.78, 5) is 26.5. The van der Waals surface area contributed by atoms with Gasteiger partial charge in [-0.15, -0.1) is 0 Å². The Morgan fingerprint density at radius 3 is 2.74 bits per heavy atom. The maximum absolute atomic E-state index is 12.7. The van der Waals surface area contributed by atoms with Gasteiger partial charge in [0.15, 0.2) is 0 Å². The van der Waals surface area contributed by atoms with Crippen LogP contribution in [0.1, 0.15) is 35.4 Å². The van der Waals surface area contributed by atoms with Crippen LogP contribution in [0.15, 0.2) is 48.5 Å². The van der Waals surface area contributed by atoms with Crippen molar-refractivity contribution in [2.75, 3.05) is 26.0 Å². The Kier molecular flexibility index (Phi) is 6.24. The van der Waals surface area contributed by atoms with Crippen LogP contribution in [0.5, 0.6) is 0 Å². The predicted octanol–water partition coefficient (Wildman–Crippen LogP) is 2.92. The van der Waals surface area contributed by atoms with E-state index in [1.807, 2.05) is 55.4 Å². The molecule has 0 saturated carbocycles. The minimum Gasteiger partial charge on any atom is -0.351 e. The lowest BCUT2D eigenvalue weighted by Gasteiger charge is -2.24. The molecule has 5 nitrogen and oxygen atoms in total. The number of nitrogens with one attached hydrogen (secondary N) is 2. The molecule has 142 valence electrons. The van der Waals surface area contributed by atoms with E-state index in [1.165, 1.54) is 5.56 Å². The molecule has 2 aromatic carbocycles. The van der Waals surface area contributed by atoms with Crippen molar-refractivity contribution in [3.63, 3.8) is 0 Å². The van der Waals surface area contributed by atoms with Gasteiger partial charge in [-0.3, -0.25) is 9.59 Å². The molecule has 5 heteroatoms. The van der Waals surface area contributed by atoms with Gasteiger partial charge >= 0.3 is 0 Å². The SMILES string of the molecule is CN(C)CC(=O)Nc1cccc(CNC(=O)C2CCCc3ccccc32)c1. The third-order valence-electron chi connectivity index (χ3n) is 4.82. The van der Waals surface area contributed by atoms with Gasteiger partial charge in [0.1, 0.15) is 0 Å². The van der Waals surface area contributed by atoms with Crippen molar-refractivity contribution in [2.45, 2.75) is 31.7 Å². The summed E-state index contributed by atoms with van der Waals surface area (Å²) in [6.45, 7) is 0.789. The molecule has 2 aromatic rings. The smallest absolute Gasteiger partial charge is 0.238 e. The standard InChI is InChI=1S/C22H27N3O2/c1-25(2)15-21(26)24-18-10-5-7-16(13-18)14-23-22(27)20-12-6-9-17-8-3-4-11-19(17)20/h3-5,7-8,10-11,13,20H,6,9,12,14-15H2,1-2H3,(H,23,27)(H,24,26). The number of benzene rings is 2. The summed E-state index contributed by atoms with van der Waals surface area (Å²) in [6.07, 6.45) is 2.99. The third-order valence-corrected chi connectivity index (χ3v) is 4.82. The number of aryl methyl sites for hydroxylation is 1. The minimum absolute atomic E-state index is 0.0556. The molecule has 1 aliphatic carbocycles. The summed E-state index contributed by atoms with van der Waals surface area (Å²) in [7, 11) is 3.71. The van der Waals surface area contributed by atoms with Gasteiger partial charge in [-0.1, -0.05) is 36.4 Å². The molecule has 0 heterocycles. The van der Waals surface area contributed by atoms with Crippen LogP contribution < -0.4 is 10.6 Å². The lowest BCUT2D eigenvalue weighted by atomic mass is 9.82. The number of hydrogen-bond donors (Lipinski definition) is 2. The first-order chi connectivity index (χ1) is 13.0. The van der Waals surface area contributed by atoms with E-state index in [2.05, 4.69) is 22.8 Å². The van der Waals surface area contributed by atoms with Crippen LogP contribution in [-0.4, -0.2) is 37.4 Å². The average Bonchev–Trinajstić information content (AvgIpc) is 2.65. The van der Waals surface area contributed by atoms with E-state index in [-0.39, 0.29) is 17.7 Å². The van der Waals surface area contributed by atoms with Gasteiger partial charge in [0.2, 0.25) is 11.8 Å². The molecule has 0 radical (unpaired) electrons. The van der Waals surface area contributed by atoms with Gasteiger partial charge < -0.3 is 15.5 Å². The Hall–Kier alpha value is -2.66. The number of likely N-dealkylation sites (N-methyl/N-ethyl adjacent to an activating group) is 1. The monoisotopic (exact) mass is 365 g/mol. The van der Waals surface area contributed by atoms with Gasteiger partial charge in [-0.05, 0) is 62.2 Å². The van der Waals surface area contributed by atoms with E-state index in [9.17, 15) is 9.59 Å². The molecule has 0 aromatic heterocycles. The number of fused-ring (bicyclic) bond motifs is 1. The number of nitrogens with zero attached hydrogens (tertiary/aromatic N) is 1. The largest absolute Gasteiger partial charge is 0.351 e. The fourth-order valence-electron chi connectivity index (χ4n) is 3.59. The molecule has 1 unspecified atom stereocenters. The van der Waals surface area contributed by atoms with Crippen molar-refractivity contribution in [3.8, 4) is 0 Å². The second kappa shape index (κ2) is 8.82. The first kappa shape index (κ1) is 19.1. The molecule has 2 amide bonds. The molecular weight excluding hydrogens is 338 g/mol. The second-order valence-corrected chi connectivity index (χ2v) is 7.35. The van der Waals surface area contributed by atoms with Gasteiger partial charge in [-0.25, -0.2) is 0 Å². The first-order valence-corrected chi connectivity index (χ1v) is 9.42. The zero-order valence-corrected chi connectivity index (χ0v) is 16.0. The highest BCUT2D eigenvalue weighted by Crippen LogP contribution is 2.31. The maximum Gasteiger partial charge on any atom is 0.238 e. The number of carbonyl (C=O) groups excluding carboxylic acids is 2. The van der Waals surface area contributed by atoms with E-state index < -0.39 is 0 Å². The topological polar surface area (TPSA) is 61.4 Å². The highest BCUT2D eigenvalue weighted by molar-refractivity contribution is 5.92. The highest BCUT2D eigenvalue weighted by atomic mass is 16.2. The van der Waals surface area contributed by atoms with Gasteiger partial charge in [-0.2, -0.15) is 0 Å². The zero-order valence-electron chi connectivity index (χ0n) is 16.0. The molecule has 1 atom stereocenters. The minimum atomic E-state index is -0.0714. The fourth-order valence-corrected chi connectivity index (χ4v) is 3.59. The summed E-state index contributed by atoms with van der Waals surface area (Å²) in [6, 6.07) is 15.8. The summed E-state index contributed by atoms with van der Waals surface area (Å²) in [5.74, 6) is -0.0536. The van der Waals surface area contributed by atoms with Gasteiger partial charge in [0.05, 0.1) is 12.5 Å². The molecule has 3 rings (SSSR count). The summed E-state index contributed by atoms with van der Waals surface area (Å²) in [5.41, 5.74) is 4.16. The fraction of sp³-hybridized carbons (Fsp3) is 0.364. The molecular formula is C22H27N3O2. The first-order valence-electron chi connectivity index (χ1n) is 9.42. The van der Waals surface area contributed by atoms with Crippen LogP contribution in [-0.2, 0) is 22.6 Å². The Labute approximate surface area is 160 Å². The summed E-state index contributed by atoms with van der Waals surface area (Å²) in [5, 5.41) is 5.95. The molecule has 0 saturated heterocycles. The quantitative estimate of drug-likeness (QED) is 0.827. The molecule has 1 aliphatic rings. The predicted molar refractivity (Wildman–Crippen MR) is 108 cm³/mol. The molecule has 2 N–H and O–H groups in total. The van der Waals surface area contributed by atoms with Crippen molar-refractivity contribution in [1.29, 1.82) is 0 Å². The van der Waals surface area contributed by atoms with Crippen molar-refractivity contribution < 1.29 is 9.59 Å². The van der Waals surface area contributed by atoms with E-state index in [0.29, 0.717) is 13.1 Å². The Morgan fingerprint density at radius 1 is 1.11 bits per heavy atom. The molecule has 0 spiro atoms. The van der Waals surface area contributed by atoms with Crippen LogP contribution in [0.25, 0.3) is 0 Å². The van der Waals surface area contributed by atoms with E-state index in [0.717, 1.165) is 36.1 Å². The van der Waals surface area contributed by atoms with Crippen LogP contribution in [0, 0.1) is 0 Å². The number of amides is 2. The van der Waals surface area contributed by atoms with Crippen LogP contribution >= 0.6 is 0 Å². The van der Waals surface area contributed by atoms with E-state index in [1.54, 1.807) is 0 Å². The Bertz CT molecular complexity index is 817. The van der Waals surface area contributed by atoms with E-state index >= 15 is 0 Å². The van der Waals surface area contributed by atoms with Crippen molar-refractivity contribution in [1.82, 2.24) is 10.2 Å². The van der Waals surface area contributed by atoms with Crippen molar-refractivity contribution in [3.05, 3.63) is 65.2 Å². The summed E-state index contributed by atoms with van der Waals surface area (Å²) >= 11 is 0. The molecule has 0 aliphatic heterocycles. The van der Waals surface area contributed by atoms with E-state index in [4.69, 9.17) is 0 Å². The lowest BCUT2D eigenvalue weighted by Crippen LogP contribution is -2.31. The number of hydrogen-bond acceptors (Lipinski definition) is 3. The molecule has 0 bridgehead atoms. The molecule has 0 fully saturated rings. The highest BCUT2D eigenvalue weighted by Gasteiger charge is 2.25. The van der Waals surface area contributed by atoms with Crippen LogP contribution in [0.2, 0.25) is 0 Å². The maximum atomic E-state index is 12.7. The van der Waals surface area contributed by atoms with Crippen molar-refractivity contribution in [2.24, 2.45) is 0 Å². The van der Waals surface area contributed by atoms with Crippen LogP contribution in [0.3, 0.4) is 0 Å². The molecule has 27 heavy (non-hydrogen) atoms. The van der Waals surface area contributed by atoms with Crippen molar-refractivity contribution >= 4 is 17.5 Å². The number of rotatable bonds is 6. The number of carbonyl (C=O) groups is 2. The Balaban J connectivity index is 1.60. The zero-order chi connectivity index (χ0) is 19.2. The lowest BCUT2D eigenvalue weighted by molar-refractivity contribution is -0.123. The van der Waals surface area contributed by atoms with Gasteiger partial charge in [0.25, 0.3) is 0 Å². The van der Waals surface area contributed by atoms with Gasteiger partial charge in [0, 0.05) is 12.2 Å². The average molecular weight is 365 g/mol.